The van der Waals surface area contributed by atoms with Crippen LogP contribution in [-0.4, -0.2) is 16.8 Å². The third-order valence-electron chi connectivity index (χ3n) is 3.23. The quantitative estimate of drug-likeness (QED) is 0.846. The summed E-state index contributed by atoms with van der Waals surface area (Å²) < 4.78 is 5.84. The highest BCUT2D eigenvalue weighted by molar-refractivity contribution is 5.38. The molecule has 0 saturated heterocycles. The second kappa shape index (κ2) is 7.08. The van der Waals surface area contributed by atoms with E-state index in [2.05, 4.69) is 0 Å². The molecule has 2 rings (SSSR count). The molecule has 0 spiro atoms. The predicted octanol–water partition coefficient (Wildman–Crippen LogP) is 3.46. The molecule has 0 aromatic heterocycles. The van der Waals surface area contributed by atoms with E-state index in [0.29, 0.717) is 12.8 Å². The highest BCUT2D eigenvalue weighted by Crippen LogP contribution is 2.27. The van der Waals surface area contributed by atoms with Gasteiger partial charge in [0.05, 0.1) is 6.10 Å². The number of para-hydroxylation sites is 1. The summed E-state index contributed by atoms with van der Waals surface area (Å²) in [5.74, 6) is 1.48. The predicted molar refractivity (Wildman–Crippen MR) is 79.0 cm³/mol. The minimum atomic E-state index is -0.425. The van der Waals surface area contributed by atoms with Crippen LogP contribution in [-0.2, 0) is 6.42 Å². The van der Waals surface area contributed by atoms with Gasteiger partial charge in [0.15, 0.2) is 0 Å². The monoisotopic (exact) mass is 272 g/mol. The van der Waals surface area contributed by atoms with E-state index in [9.17, 15) is 5.11 Å². The van der Waals surface area contributed by atoms with Crippen LogP contribution in [0.4, 0.5) is 0 Å². The zero-order chi connectivity index (χ0) is 14.4. The summed E-state index contributed by atoms with van der Waals surface area (Å²) in [6, 6.07) is 15.1. The van der Waals surface area contributed by atoms with Crippen molar-refractivity contribution in [1.82, 2.24) is 0 Å². The van der Waals surface area contributed by atoms with Crippen LogP contribution in [0.5, 0.6) is 11.5 Å². The summed E-state index contributed by atoms with van der Waals surface area (Å²) in [4.78, 5) is 0. The Labute approximate surface area is 119 Å². The summed E-state index contributed by atoms with van der Waals surface area (Å²) in [7, 11) is 0. The molecule has 0 aliphatic rings. The van der Waals surface area contributed by atoms with Crippen LogP contribution in [0.2, 0.25) is 0 Å². The smallest absolute Gasteiger partial charge is 0.130 e. The molecule has 0 amide bonds. The van der Waals surface area contributed by atoms with E-state index < -0.39 is 6.10 Å². The number of hydrogen-bond donors (Lipinski definition) is 2. The average Bonchev–Trinajstić information content (AvgIpc) is 2.49. The number of rotatable bonds is 6. The fraction of sp³-hybridized carbons (Fsp3) is 0.294. The van der Waals surface area contributed by atoms with Crippen molar-refractivity contribution >= 4 is 0 Å². The van der Waals surface area contributed by atoms with Crippen molar-refractivity contribution in [1.29, 1.82) is 0 Å². The first-order valence-electron chi connectivity index (χ1n) is 6.89. The molecule has 0 saturated carbocycles. The molecule has 0 heterocycles. The van der Waals surface area contributed by atoms with E-state index >= 15 is 0 Å². The zero-order valence-electron chi connectivity index (χ0n) is 11.6. The molecule has 0 aliphatic heterocycles. The van der Waals surface area contributed by atoms with E-state index in [0.717, 1.165) is 22.6 Å². The molecule has 3 nitrogen and oxygen atoms in total. The van der Waals surface area contributed by atoms with Gasteiger partial charge < -0.3 is 14.9 Å². The van der Waals surface area contributed by atoms with Gasteiger partial charge >= 0.3 is 0 Å². The van der Waals surface area contributed by atoms with Crippen molar-refractivity contribution in [3.8, 4) is 11.5 Å². The second-order valence-corrected chi connectivity index (χ2v) is 4.68. The molecule has 0 bridgehead atoms. The second-order valence-electron chi connectivity index (χ2n) is 4.68. The third kappa shape index (κ3) is 3.59. The van der Waals surface area contributed by atoms with Gasteiger partial charge in [0.2, 0.25) is 0 Å². The topological polar surface area (TPSA) is 49.7 Å². The Kier molecular flexibility index (Phi) is 5.16. The number of benzene rings is 2. The lowest BCUT2D eigenvalue weighted by Crippen LogP contribution is -1.96. The lowest BCUT2D eigenvalue weighted by Gasteiger charge is -2.12. The van der Waals surface area contributed by atoms with Crippen LogP contribution in [0, 0.1) is 0 Å². The number of hydrogen-bond acceptors (Lipinski definition) is 3. The molecule has 1 atom stereocenters. The Balaban J connectivity index is 2.14. The molecular formula is C17H20O3. The first kappa shape index (κ1) is 14.6. The van der Waals surface area contributed by atoms with Gasteiger partial charge in [-0.15, -0.1) is 0 Å². The standard InChI is InChI=1S/C17H20O3/c1-2-16(19)13-7-9-15(10-8-13)20-17-6-4-3-5-14(17)11-12-18/h3-10,16,18-19H,2,11-12H2,1H3/t16-/m0/s1. The van der Waals surface area contributed by atoms with Crippen molar-refractivity contribution in [2.24, 2.45) is 0 Å². The highest BCUT2D eigenvalue weighted by Gasteiger charge is 2.06. The van der Waals surface area contributed by atoms with Crippen LogP contribution in [0.1, 0.15) is 30.6 Å². The molecule has 0 fully saturated rings. The molecule has 0 radical (unpaired) electrons. The fourth-order valence-electron chi connectivity index (χ4n) is 2.05. The van der Waals surface area contributed by atoms with Crippen molar-refractivity contribution in [2.45, 2.75) is 25.9 Å². The van der Waals surface area contributed by atoms with E-state index in [1.807, 2.05) is 55.5 Å². The van der Waals surface area contributed by atoms with Gasteiger partial charge in [0.1, 0.15) is 11.5 Å². The normalized spacial score (nSPS) is 12.2. The van der Waals surface area contributed by atoms with Gasteiger partial charge in [-0.25, -0.2) is 0 Å². The van der Waals surface area contributed by atoms with Gasteiger partial charge in [-0.1, -0.05) is 37.3 Å². The zero-order valence-corrected chi connectivity index (χ0v) is 11.6. The van der Waals surface area contributed by atoms with Gasteiger partial charge in [-0.2, -0.15) is 0 Å². The van der Waals surface area contributed by atoms with Gasteiger partial charge in [-0.05, 0) is 42.2 Å². The van der Waals surface area contributed by atoms with Crippen molar-refractivity contribution in [3.63, 3.8) is 0 Å². The minimum absolute atomic E-state index is 0.0992. The maximum absolute atomic E-state index is 9.76. The fourth-order valence-corrected chi connectivity index (χ4v) is 2.05. The summed E-state index contributed by atoms with van der Waals surface area (Å²) >= 11 is 0. The molecule has 2 N–H and O–H groups in total. The highest BCUT2D eigenvalue weighted by atomic mass is 16.5. The molecule has 0 aliphatic carbocycles. The Morgan fingerprint density at radius 3 is 2.40 bits per heavy atom. The summed E-state index contributed by atoms with van der Waals surface area (Å²) in [5.41, 5.74) is 1.87. The summed E-state index contributed by atoms with van der Waals surface area (Å²) in [6.45, 7) is 2.04. The van der Waals surface area contributed by atoms with E-state index in [1.54, 1.807) is 0 Å². The largest absolute Gasteiger partial charge is 0.457 e. The van der Waals surface area contributed by atoms with Gasteiger partial charge in [0.25, 0.3) is 0 Å². The van der Waals surface area contributed by atoms with Crippen LogP contribution >= 0.6 is 0 Å². The van der Waals surface area contributed by atoms with E-state index in [1.165, 1.54) is 0 Å². The average molecular weight is 272 g/mol. The Morgan fingerprint density at radius 1 is 1.05 bits per heavy atom. The number of aliphatic hydroxyl groups excluding tert-OH is 2. The van der Waals surface area contributed by atoms with Crippen LogP contribution in [0.3, 0.4) is 0 Å². The molecule has 106 valence electrons. The molecule has 3 heteroatoms. The molecule has 2 aromatic carbocycles. The molecule has 20 heavy (non-hydrogen) atoms. The van der Waals surface area contributed by atoms with Crippen LogP contribution in [0.25, 0.3) is 0 Å². The molecule has 0 unspecified atom stereocenters. The lowest BCUT2D eigenvalue weighted by atomic mass is 10.1. The SMILES string of the molecule is CC[C@H](O)c1ccc(Oc2ccccc2CCO)cc1. The molecule has 2 aromatic rings. The Bertz CT molecular complexity index is 534. The third-order valence-corrected chi connectivity index (χ3v) is 3.23. The van der Waals surface area contributed by atoms with E-state index in [-0.39, 0.29) is 6.61 Å². The van der Waals surface area contributed by atoms with Crippen LogP contribution in [0.15, 0.2) is 48.5 Å². The Morgan fingerprint density at radius 2 is 1.75 bits per heavy atom. The van der Waals surface area contributed by atoms with Crippen molar-refractivity contribution in [3.05, 3.63) is 59.7 Å². The maximum Gasteiger partial charge on any atom is 0.130 e. The molecular weight excluding hydrogens is 252 g/mol. The van der Waals surface area contributed by atoms with Crippen molar-refractivity contribution in [2.75, 3.05) is 6.61 Å². The lowest BCUT2D eigenvalue weighted by molar-refractivity contribution is 0.173. The van der Waals surface area contributed by atoms with Crippen molar-refractivity contribution < 1.29 is 14.9 Å². The Hall–Kier alpha value is -1.84. The summed E-state index contributed by atoms with van der Waals surface area (Å²) in [5, 5.41) is 18.8. The maximum atomic E-state index is 9.76. The number of aliphatic hydroxyl groups is 2. The number of ether oxygens (including phenoxy) is 1. The van der Waals surface area contributed by atoms with Gasteiger partial charge in [-0.3, -0.25) is 0 Å². The van der Waals surface area contributed by atoms with Crippen LogP contribution < -0.4 is 4.74 Å². The summed E-state index contributed by atoms with van der Waals surface area (Å²) in [6.07, 6.45) is 0.841. The first-order chi connectivity index (χ1) is 9.74. The van der Waals surface area contributed by atoms with Gasteiger partial charge in [0, 0.05) is 6.61 Å². The minimum Gasteiger partial charge on any atom is -0.457 e. The first-order valence-corrected chi connectivity index (χ1v) is 6.89. The van der Waals surface area contributed by atoms with E-state index in [4.69, 9.17) is 9.84 Å².